The van der Waals surface area contributed by atoms with Gasteiger partial charge < -0.3 is 20.9 Å². The van der Waals surface area contributed by atoms with E-state index in [2.05, 4.69) is 20.9 Å². The molecular formula is C22H28FN5O2. The molecular weight excluding hydrogens is 385 g/mol. The number of carbonyl (C=O) groups is 2. The summed E-state index contributed by atoms with van der Waals surface area (Å²) in [5.74, 6) is 0.369. The first-order chi connectivity index (χ1) is 14.6. The van der Waals surface area contributed by atoms with Gasteiger partial charge in [0.2, 0.25) is 5.91 Å². The fourth-order valence-electron chi connectivity index (χ4n) is 3.43. The Bertz CT molecular complexity index is 884. The van der Waals surface area contributed by atoms with Crippen LogP contribution in [-0.4, -0.2) is 50.0 Å². The second kappa shape index (κ2) is 10.6. The van der Waals surface area contributed by atoms with Crippen LogP contribution in [0, 0.1) is 5.82 Å². The maximum atomic E-state index is 13.4. The third-order valence-electron chi connectivity index (χ3n) is 5.09. The molecule has 160 valence electrons. The van der Waals surface area contributed by atoms with E-state index in [1.54, 1.807) is 12.1 Å². The molecule has 1 aliphatic heterocycles. The molecule has 7 nitrogen and oxygen atoms in total. The van der Waals surface area contributed by atoms with Crippen molar-refractivity contribution < 1.29 is 14.0 Å². The first kappa shape index (κ1) is 21.5. The Morgan fingerprint density at radius 1 is 1.13 bits per heavy atom. The van der Waals surface area contributed by atoms with E-state index in [0.717, 1.165) is 37.3 Å². The Balaban J connectivity index is 1.74. The normalized spacial score (nSPS) is 13.6. The Hall–Kier alpha value is -3.16. The molecule has 0 spiro atoms. The summed E-state index contributed by atoms with van der Waals surface area (Å²) >= 11 is 0. The van der Waals surface area contributed by atoms with Crippen molar-refractivity contribution in [2.45, 2.75) is 25.7 Å². The highest BCUT2D eigenvalue weighted by Gasteiger charge is 2.18. The quantitative estimate of drug-likeness (QED) is 0.619. The third-order valence-corrected chi connectivity index (χ3v) is 5.09. The van der Waals surface area contributed by atoms with E-state index in [0.29, 0.717) is 24.3 Å². The Morgan fingerprint density at radius 3 is 2.67 bits per heavy atom. The van der Waals surface area contributed by atoms with Gasteiger partial charge in [0, 0.05) is 26.7 Å². The predicted molar refractivity (Wildman–Crippen MR) is 115 cm³/mol. The van der Waals surface area contributed by atoms with E-state index in [-0.39, 0.29) is 24.2 Å². The SMILES string of the molecule is CNC(=O)CNC(=O)c1ccc(N2CCCCC2)nc1NCCc1cccc(F)c1. The topological polar surface area (TPSA) is 86.4 Å². The highest BCUT2D eigenvalue weighted by Crippen LogP contribution is 2.22. The first-order valence-corrected chi connectivity index (χ1v) is 10.3. The van der Waals surface area contributed by atoms with Crippen LogP contribution in [0.15, 0.2) is 36.4 Å². The molecule has 1 saturated heterocycles. The number of hydrogen-bond acceptors (Lipinski definition) is 5. The second-order valence-electron chi connectivity index (χ2n) is 7.28. The summed E-state index contributed by atoms with van der Waals surface area (Å²) in [7, 11) is 1.52. The van der Waals surface area contributed by atoms with Crippen LogP contribution in [-0.2, 0) is 11.2 Å². The third kappa shape index (κ3) is 5.92. The van der Waals surface area contributed by atoms with E-state index in [1.807, 2.05) is 12.1 Å². The Kier molecular flexibility index (Phi) is 7.59. The molecule has 1 aromatic heterocycles. The Labute approximate surface area is 176 Å². The summed E-state index contributed by atoms with van der Waals surface area (Å²) in [5, 5.41) is 8.31. The smallest absolute Gasteiger partial charge is 0.255 e. The zero-order valence-electron chi connectivity index (χ0n) is 17.2. The van der Waals surface area contributed by atoms with Crippen LogP contribution in [0.1, 0.15) is 35.2 Å². The van der Waals surface area contributed by atoms with Crippen LogP contribution in [0.3, 0.4) is 0 Å². The van der Waals surface area contributed by atoms with Gasteiger partial charge in [-0.3, -0.25) is 9.59 Å². The minimum atomic E-state index is -0.371. The minimum Gasteiger partial charge on any atom is -0.369 e. The van der Waals surface area contributed by atoms with Gasteiger partial charge in [-0.05, 0) is 55.5 Å². The lowest BCUT2D eigenvalue weighted by Crippen LogP contribution is -2.36. The summed E-state index contributed by atoms with van der Waals surface area (Å²) in [6, 6.07) is 10.0. The van der Waals surface area contributed by atoms with Gasteiger partial charge in [0.05, 0.1) is 12.1 Å². The fraction of sp³-hybridized carbons (Fsp3) is 0.409. The van der Waals surface area contributed by atoms with Crippen LogP contribution in [0.2, 0.25) is 0 Å². The number of benzene rings is 1. The molecule has 0 radical (unpaired) electrons. The molecule has 1 aliphatic rings. The van der Waals surface area contributed by atoms with Crippen LogP contribution in [0.5, 0.6) is 0 Å². The highest BCUT2D eigenvalue weighted by molar-refractivity contribution is 6.00. The number of piperidine rings is 1. The van der Waals surface area contributed by atoms with E-state index >= 15 is 0 Å². The average molecular weight is 413 g/mol. The molecule has 0 unspecified atom stereocenters. The molecule has 0 saturated carbocycles. The van der Waals surface area contributed by atoms with Gasteiger partial charge in [-0.2, -0.15) is 0 Å². The predicted octanol–water partition coefficient (Wildman–Crippen LogP) is 2.34. The number of aromatic nitrogens is 1. The van der Waals surface area contributed by atoms with Gasteiger partial charge in [0.15, 0.2) is 0 Å². The van der Waals surface area contributed by atoms with E-state index < -0.39 is 0 Å². The number of rotatable bonds is 8. The van der Waals surface area contributed by atoms with Gasteiger partial charge in [-0.1, -0.05) is 12.1 Å². The number of halogens is 1. The molecule has 2 heterocycles. The number of hydrogen-bond donors (Lipinski definition) is 3. The van der Waals surface area contributed by atoms with E-state index in [9.17, 15) is 14.0 Å². The van der Waals surface area contributed by atoms with Crippen molar-refractivity contribution in [1.82, 2.24) is 15.6 Å². The number of anilines is 2. The summed E-state index contributed by atoms with van der Waals surface area (Å²) in [6.45, 7) is 2.28. The lowest BCUT2D eigenvalue weighted by molar-refractivity contribution is -0.119. The van der Waals surface area contributed by atoms with Gasteiger partial charge >= 0.3 is 0 Å². The van der Waals surface area contributed by atoms with E-state index in [1.165, 1.54) is 25.6 Å². The number of carbonyl (C=O) groups excluding carboxylic acids is 2. The van der Waals surface area contributed by atoms with E-state index in [4.69, 9.17) is 4.98 Å². The number of amides is 2. The molecule has 1 fully saturated rings. The van der Waals surface area contributed by atoms with Gasteiger partial charge in [-0.15, -0.1) is 0 Å². The summed E-state index contributed by atoms with van der Waals surface area (Å²) in [5.41, 5.74) is 1.24. The molecule has 8 heteroatoms. The molecule has 2 amide bonds. The molecule has 0 atom stereocenters. The zero-order chi connectivity index (χ0) is 21.3. The van der Waals surface area contributed by atoms with Crippen molar-refractivity contribution in [3.05, 3.63) is 53.3 Å². The maximum Gasteiger partial charge on any atom is 0.255 e. The van der Waals surface area contributed by atoms with Crippen molar-refractivity contribution in [2.75, 3.05) is 43.4 Å². The summed E-state index contributed by atoms with van der Waals surface area (Å²) < 4.78 is 13.4. The van der Waals surface area contributed by atoms with Crippen molar-refractivity contribution in [3.8, 4) is 0 Å². The molecule has 2 aromatic rings. The number of likely N-dealkylation sites (N-methyl/N-ethyl adjacent to an activating group) is 1. The van der Waals surface area contributed by atoms with Crippen molar-refractivity contribution in [3.63, 3.8) is 0 Å². The average Bonchev–Trinajstić information content (AvgIpc) is 2.78. The summed E-state index contributed by atoms with van der Waals surface area (Å²) in [4.78, 5) is 31.0. The highest BCUT2D eigenvalue weighted by atomic mass is 19.1. The summed E-state index contributed by atoms with van der Waals surface area (Å²) in [6.07, 6.45) is 4.05. The van der Waals surface area contributed by atoms with Gasteiger partial charge in [0.25, 0.3) is 5.91 Å². The molecule has 3 rings (SSSR count). The fourth-order valence-corrected chi connectivity index (χ4v) is 3.43. The molecule has 30 heavy (non-hydrogen) atoms. The number of nitrogens with one attached hydrogen (secondary N) is 3. The lowest BCUT2D eigenvalue weighted by Gasteiger charge is -2.28. The largest absolute Gasteiger partial charge is 0.369 e. The van der Waals surface area contributed by atoms with Crippen molar-refractivity contribution >= 4 is 23.5 Å². The minimum absolute atomic E-state index is 0.105. The van der Waals surface area contributed by atoms with Crippen molar-refractivity contribution in [2.24, 2.45) is 0 Å². The number of pyridine rings is 1. The first-order valence-electron chi connectivity index (χ1n) is 10.3. The maximum absolute atomic E-state index is 13.4. The number of nitrogens with zero attached hydrogens (tertiary/aromatic N) is 2. The van der Waals surface area contributed by atoms with Crippen LogP contribution >= 0.6 is 0 Å². The Morgan fingerprint density at radius 2 is 1.93 bits per heavy atom. The van der Waals surface area contributed by atoms with Crippen LogP contribution in [0.25, 0.3) is 0 Å². The lowest BCUT2D eigenvalue weighted by atomic mass is 10.1. The molecule has 3 N–H and O–H groups in total. The zero-order valence-corrected chi connectivity index (χ0v) is 17.2. The second-order valence-corrected chi connectivity index (χ2v) is 7.28. The molecule has 0 aliphatic carbocycles. The van der Waals surface area contributed by atoms with Gasteiger partial charge in [-0.25, -0.2) is 9.37 Å². The molecule has 0 bridgehead atoms. The molecule has 1 aromatic carbocycles. The van der Waals surface area contributed by atoms with Crippen LogP contribution < -0.4 is 20.9 Å². The van der Waals surface area contributed by atoms with Crippen molar-refractivity contribution in [1.29, 1.82) is 0 Å². The van der Waals surface area contributed by atoms with Crippen LogP contribution in [0.4, 0.5) is 16.0 Å². The standard InChI is InChI=1S/C22H28FN5O2/c1-24-20(29)15-26-22(30)18-8-9-19(28-12-3-2-4-13-28)27-21(18)25-11-10-16-6-5-7-17(23)14-16/h5-9,14H,2-4,10-13,15H2,1H3,(H,24,29)(H,25,27)(H,26,30). The monoisotopic (exact) mass is 413 g/mol. The van der Waals surface area contributed by atoms with Gasteiger partial charge in [0.1, 0.15) is 17.5 Å².